The third kappa shape index (κ3) is 3.41. The highest BCUT2D eigenvalue weighted by atomic mass is 79.9. The summed E-state index contributed by atoms with van der Waals surface area (Å²) in [5, 5.41) is 0.0116. The third-order valence-corrected chi connectivity index (χ3v) is 3.82. The van der Waals surface area contributed by atoms with Crippen molar-refractivity contribution in [3.05, 3.63) is 62.8 Å². The molecule has 2 aromatic carbocycles. The Morgan fingerprint density at radius 3 is 2.58 bits per heavy atom. The Hall–Kier alpha value is -0.770. The van der Waals surface area contributed by atoms with E-state index in [1.807, 2.05) is 0 Å². The first-order valence-electron chi connectivity index (χ1n) is 5.44. The maximum Gasteiger partial charge on any atom is 0.124 e. The highest BCUT2D eigenvalue weighted by molar-refractivity contribution is 9.10. The molecule has 0 aromatic heterocycles. The first-order chi connectivity index (χ1) is 9.01. The van der Waals surface area contributed by atoms with Gasteiger partial charge in [0.25, 0.3) is 0 Å². The second-order valence-electron chi connectivity index (χ2n) is 3.95. The predicted molar refractivity (Wildman–Crippen MR) is 79.8 cm³/mol. The van der Waals surface area contributed by atoms with Crippen LogP contribution in [0.3, 0.4) is 0 Å². The van der Waals surface area contributed by atoms with Gasteiger partial charge in [-0.3, -0.25) is 0 Å². The molecular formula is C14H10BrCl2FO. The van der Waals surface area contributed by atoms with Crippen LogP contribution in [0.4, 0.5) is 4.39 Å². The van der Waals surface area contributed by atoms with Crippen LogP contribution < -0.4 is 4.74 Å². The quantitative estimate of drug-likeness (QED) is 0.647. The van der Waals surface area contributed by atoms with Gasteiger partial charge in [-0.15, -0.1) is 11.6 Å². The minimum Gasteiger partial charge on any atom is -0.496 e. The number of ether oxygens (including phenoxy) is 1. The lowest BCUT2D eigenvalue weighted by molar-refractivity contribution is 0.410. The van der Waals surface area contributed by atoms with Gasteiger partial charge in [0, 0.05) is 15.1 Å². The fourth-order valence-corrected chi connectivity index (χ4v) is 2.76. The molecule has 2 aromatic rings. The van der Waals surface area contributed by atoms with Gasteiger partial charge < -0.3 is 4.74 Å². The van der Waals surface area contributed by atoms with Crippen molar-refractivity contribution >= 4 is 39.1 Å². The van der Waals surface area contributed by atoms with Crippen LogP contribution in [0.2, 0.25) is 5.02 Å². The normalized spacial score (nSPS) is 12.3. The van der Waals surface area contributed by atoms with Gasteiger partial charge >= 0.3 is 0 Å². The van der Waals surface area contributed by atoms with Crippen LogP contribution in [0.25, 0.3) is 0 Å². The molecule has 100 valence electrons. The molecule has 0 N–H and O–H groups in total. The molecule has 0 amide bonds. The number of hydrogen-bond donors (Lipinski definition) is 0. The van der Waals surface area contributed by atoms with Gasteiger partial charge in [0.05, 0.1) is 12.5 Å². The van der Waals surface area contributed by atoms with E-state index in [0.29, 0.717) is 26.4 Å². The topological polar surface area (TPSA) is 9.23 Å². The molecule has 2 rings (SSSR count). The zero-order chi connectivity index (χ0) is 14.0. The monoisotopic (exact) mass is 362 g/mol. The Labute approximate surface area is 129 Å². The fourth-order valence-electron chi connectivity index (χ4n) is 1.80. The van der Waals surface area contributed by atoms with Gasteiger partial charge in [0.2, 0.25) is 0 Å². The van der Waals surface area contributed by atoms with Crippen LogP contribution in [-0.2, 0) is 0 Å². The summed E-state index contributed by atoms with van der Waals surface area (Å²) in [4.78, 5) is 0. The fraction of sp³-hybridized carbons (Fsp3) is 0.143. The van der Waals surface area contributed by atoms with Crippen LogP contribution in [0, 0.1) is 5.82 Å². The van der Waals surface area contributed by atoms with E-state index in [0.717, 1.165) is 0 Å². The molecule has 1 atom stereocenters. The molecule has 0 saturated heterocycles. The smallest absolute Gasteiger partial charge is 0.124 e. The summed E-state index contributed by atoms with van der Waals surface area (Å²) >= 11 is 15.6. The Bertz CT molecular complexity index is 584. The van der Waals surface area contributed by atoms with E-state index in [1.54, 1.807) is 31.4 Å². The van der Waals surface area contributed by atoms with Crippen molar-refractivity contribution in [3.63, 3.8) is 0 Å². The SMILES string of the molecule is COc1ccc(Cl)cc1C(Cl)c1cc(F)cc(Br)c1. The maximum atomic E-state index is 13.4. The summed E-state index contributed by atoms with van der Waals surface area (Å²) in [6.45, 7) is 0. The molecular weight excluding hydrogens is 354 g/mol. The summed E-state index contributed by atoms with van der Waals surface area (Å²) in [5.74, 6) is 0.265. The van der Waals surface area contributed by atoms with Crippen molar-refractivity contribution in [1.29, 1.82) is 0 Å². The molecule has 5 heteroatoms. The molecule has 0 spiro atoms. The molecule has 0 aliphatic heterocycles. The van der Waals surface area contributed by atoms with Gasteiger partial charge in [-0.2, -0.15) is 0 Å². The molecule has 0 saturated carbocycles. The Kier molecular flexibility index (Phi) is 4.71. The lowest BCUT2D eigenvalue weighted by Gasteiger charge is -2.15. The largest absolute Gasteiger partial charge is 0.496 e. The van der Waals surface area contributed by atoms with Crippen LogP contribution in [-0.4, -0.2) is 7.11 Å². The molecule has 0 heterocycles. The summed E-state index contributed by atoms with van der Waals surface area (Å²) in [5.41, 5.74) is 1.34. The molecule has 1 unspecified atom stereocenters. The van der Waals surface area contributed by atoms with Crippen LogP contribution >= 0.6 is 39.1 Å². The second-order valence-corrected chi connectivity index (χ2v) is 5.74. The van der Waals surface area contributed by atoms with Crippen molar-refractivity contribution in [1.82, 2.24) is 0 Å². The second kappa shape index (κ2) is 6.12. The number of alkyl halides is 1. The number of halogens is 4. The third-order valence-electron chi connectivity index (χ3n) is 2.64. The van der Waals surface area contributed by atoms with Crippen molar-refractivity contribution in [2.24, 2.45) is 0 Å². The average Bonchev–Trinajstić information content (AvgIpc) is 2.36. The van der Waals surface area contributed by atoms with Crippen molar-refractivity contribution < 1.29 is 9.13 Å². The van der Waals surface area contributed by atoms with E-state index in [4.69, 9.17) is 27.9 Å². The number of benzene rings is 2. The van der Waals surface area contributed by atoms with Gasteiger partial charge in [-0.25, -0.2) is 4.39 Å². The van der Waals surface area contributed by atoms with E-state index in [9.17, 15) is 4.39 Å². The van der Waals surface area contributed by atoms with Gasteiger partial charge in [-0.05, 0) is 42.0 Å². The van der Waals surface area contributed by atoms with E-state index < -0.39 is 5.38 Å². The maximum absolute atomic E-state index is 13.4. The van der Waals surface area contributed by atoms with Crippen LogP contribution in [0.5, 0.6) is 5.75 Å². The highest BCUT2D eigenvalue weighted by Gasteiger charge is 2.17. The minimum atomic E-state index is -0.541. The average molecular weight is 364 g/mol. The lowest BCUT2D eigenvalue weighted by atomic mass is 10.0. The number of rotatable bonds is 3. The van der Waals surface area contributed by atoms with E-state index in [-0.39, 0.29) is 5.82 Å². The summed E-state index contributed by atoms with van der Waals surface area (Å²) in [7, 11) is 1.55. The molecule has 0 aliphatic carbocycles. The van der Waals surface area contributed by atoms with E-state index in [1.165, 1.54) is 12.1 Å². The van der Waals surface area contributed by atoms with Gasteiger partial charge in [0.15, 0.2) is 0 Å². The highest BCUT2D eigenvalue weighted by Crippen LogP contribution is 2.37. The summed E-state index contributed by atoms with van der Waals surface area (Å²) in [6.07, 6.45) is 0. The number of hydrogen-bond acceptors (Lipinski definition) is 1. The summed E-state index contributed by atoms with van der Waals surface area (Å²) < 4.78 is 19.3. The predicted octanol–water partition coefficient (Wildman–Crippen LogP) is 5.58. The summed E-state index contributed by atoms with van der Waals surface area (Å²) in [6, 6.07) is 9.71. The first-order valence-corrected chi connectivity index (χ1v) is 7.05. The Morgan fingerprint density at radius 1 is 1.21 bits per heavy atom. The van der Waals surface area contributed by atoms with Crippen LogP contribution in [0.1, 0.15) is 16.5 Å². The molecule has 0 fully saturated rings. The standard InChI is InChI=1S/C14H10BrCl2FO/c1-19-13-3-2-10(16)7-12(13)14(17)8-4-9(15)6-11(18)5-8/h2-7,14H,1H3. The van der Waals surface area contributed by atoms with Gasteiger partial charge in [0.1, 0.15) is 11.6 Å². The first kappa shape index (κ1) is 14.6. The van der Waals surface area contributed by atoms with Crippen molar-refractivity contribution in [2.45, 2.75) is 5.38 Å². The van der Waals surface area contributed by atoms with E-state index >= 15 is 0 Å². The Balaban J connectivity index is 2.48. The molecule has 0 aliphatic rings. The number of methoxy groups -OCH3 is 1. The van der Waals surface area contributed by atoms with Crippen LogP contribution in [0.15, 0.2) is 40.9 Å². The van der Waals surface area contributed by atoms with E-state index in [2.05, 4.69) is 15.9 Å². The zero-order valence-electron chi connectivity index (χ0n) is 9.96. The molecule has 0 bridgehead atoms. The minimum absolute atomic E-state index is 0.351. The van der Waals surface area contributed by atoms with Crippen molar-refractivity contribution in [3.8, 4) is 5.75 Å². The van der Waals surface area contributed by atoms with Crippen molar-refractivity contribution in [2.75, 3.05) is 7.11 Å². The Morgan fingerprint density at radius 2 is 1.95 bits per heavy atom. The molecule has 1 nitrogen and oxygen atoms in total. The molecule has 0 radical (unpaired) electrons. The van der Waals surface area contributed by atoms with Gasteiger partial charge in [-0.1, -0.05) is 27.5 Å². The zero-order valence-corrected chi connectivity index (χ0v) is 13.1. The lowest BCUT2D eigenvalue weighted by Crippen LogP contribution is -1.98. The molecule has 19 heavy (non-hydrogen) atoms.